The summed E-state index contributed by atoms with van der Waals surface area (Å²) in [5, 5.41) is 4.55. The molecule has 1 atom stereocenters. The highest BCUT2D eigenvalue weighted by atomic mass is 15.3. The largest absolute Gasteiger partial charge is 0.240 e. The second-order valence-electron chi connectivity index (χ2n) is 4.96. The zero-order valence-corrected chi connectivity index (χ0v) is 11.8. The van der Waals surface area contributed by atoms with Crippen molar-refractivity contribution in [1.82, 2.24) is 9.78 Å². The predicted molar refractivity (Wildman–Crippen MR) is 76.4 cm³/mol. The van der Waals surface area contributed by atoms with Gasteiger partial charge < -0.3 is 0 Å². The molecule has 0 amide bonds. The minimum Gasteiger partial charge on any atom is -0.240 e. The van der Waals surface area contributed by atoms with Gasteiger partial charge in [-0.2, -0.15) is 5.10 Å². The number of hydrogen-bond donors (Lipinski definition) is 0. The van der Waals surface area contributed by atoms with Crippen LogP contribution in [0.3, 0.4) is 0 Å². The minimum atomic E-state index is 0.565. The highest BCUT2D eigenvalue weighted by Crippen LogP contribution is 2.26. The molecule has 0 fully saturated rings. The summed E-state index contributed by atoms with van der Waals surface area (Å²) in [4.78, 5) is 0. The molecular formula is C16H22N2. The van der Waals surface area contributed by atoms with E-state index in [2.05, 4.69) is 56.3 Å². The van der Waals surface area contributed by atoms with Crippen LogP contribution in [0.4, 0.5) is 0 Å². The van der Waals surface area contributed by atoms with Crippen molar-refractivity contribution >= 4 is 0 Å². The molecule has 2 aromatic rings. The van der Waals surface area contributed by atoms with E-state index in [1.165, 1.54) is 16.8 Å². The van der Waals surface area contributed by atoms with Crippen LogP contribution in [0.25, 0.3) is 5.69 Å². The summed E-state index contributed by atoms with van der Waals surface area (Å²) in [5.41, 5.74) is 5.05. The van der Waals surface area contributed by atoms with E-state index in [1.54, 1.807) is 0 Å². The molecule has 2 rings (SSSR count). The maximum absolute atomic E-state index is 4.55. The third kappa shape index (κ3) is 2.47. The van der Waals surface area contributed by atoms with Gasteiger partial charge in [0.15, 0.2) is 0 Å². The molecule has 2 heteroatoms. The number of benzene rings is 1. The lowest BCUT2D eigenvalue weighted by molar-refractivity contribution is 0.715. The van der Waals surface area contributed by atoms with Crippen molar-refractivity contribution in [3.8, 4) is 5.69 Å². The normalized spacial score (nSPS) is 12.7. The van der Waals surface area contributed by atoms with Gasteiger partial charge in [-0.25, -0.2) is 4.68 Å². The molecule has 1 heterocycles. The first-order valence-corrected chi connectivity index (χ1v) is 6.81. The van der Waals surface area contributed by atoms with Crippen LogP contribution >= 0.6 is 0 Å². The van der Waals surface area contributed by atoms with Crippen molar-refractivity contribution in [1.29, 1.82) is 0 Å². The van der Waals surface area contributed by atoms with E-state index in [4.69, 9.17) is 0 Å². The summed E-state index contributed by atoms with van der Waals surface area (Å²) in [6.07, 6.45) is 4.27. The second kappa shape index (κ2) is 5.38. The molecule has 0 aliphatic carbocycles. The van der Waals surface area contributed by atoms with E-state index in [9.17, 15) is 0 Å². The fraction of sp³-hybridized carbons (Fsp3) is 0.438. The molecule has 1 aromatic carbocycles. The predicted octanol–water partition coefficient (Wildman–Crippen LogP) is 4.26. The topological polar surface area (TPSA) is 17.8 Å². The molecule has 0 bridgehead atoms. The van der Waals surface area contributed by atoms with Crippen molar-refractivity contribution in [3.05, 3.63) is 47.3 Å². The Hall–Kier alpha value is -1.57. The molecular weight excluding hydrogens is 220 g/mol. The second-order valence-corrected chi connectivity index (χ2v) is 4.96. The highest BCUT2D eigenvalue weighted by molar-refractivity contribution is 5.45. The first-order chi connectivity index (χ1) is 8.65. The van der Waals surface area contributed by atoms with Gasteiger partial charge in [0.25, 0.3) is 0 Å². The molecule has 0 saturated carbocycles. The summed E-state index contributed by atoms with van der Waals surface area (Å²) in [6.45, 7) is 8.73. The molecule has 0 saturated heterocycles. The Bertz CT molecular complexity index is 526. The van der Waals surface area contributed by atoms with Crippen LogP contribution in [0.2, 0.25) is 0 Å². The molecule has 0 aliphatic rings. The van der Waals surface area contributed by atoms with Crippen molar-refractivity contribution < 1.29 is 0 Å². The smallest absolute Gasteiger partial charge is 0.0683 e. The molecule has 0 aliphatic heterocycles. The Morgan fingerprint density at radius 1 is 1.22 bits per heavy atom. The van der Waals surface area contributed by atoms with Gasteiger partial charge in [0.05, 0.1) is 11.4 Å². The Balaban J connectivity index is 2.54. The monoisotopic (exact) mass is 242 g/mol. The average Bonchev–Trinajstić information content (AvgIpc) is 2.83. The first-order valence-electron chi connectivity index (χ1n) is 6.81. The van der Waals surface area contributed by atoms with Crippen molar-refractivity contribution in [3.63, 3.8) is 0 Å². The van der Waals surface area contributed by atoms with E-state index in [1.807, 2.05) is 11.6 Å². The minimum absolute atomic E-state index is 0.565. The van der Waals surface area contributed by atoms with Gasteiger partial charge in [0.2, 0.25) is 0 Å². The molecule has 2 nitrogen and oxygen atoms in total. The fourth-order valence-electron chi connectivity index (χ4n) is 2.19. The summed E-state index contributed by atoms with van der Waals surface area (Å²) < 4.78 is 2.01. The highest BCUT2D eigenvalue weighted by Gasteiger charge is 2.11. The number of hydrogen-bond acceptors (Lipinski definition) is 1. The maximum Gasteiger partial charge on any atom is 0.0683 e. The van der Waals surface area contributed by atoms with Gasteiger partial charge in [-0.15, -0.1) is 0 Å². The molecule has 1 aromatic heterocycles. The standard InChI is InChI=1S/C16H22N2/c1-5-12(3)15-8-7-14(6-2)11-16(15)18-10-9-13(4)17-18/h7-12H,5-6H2,1-4H3. The fourth-order valence-corrected chi connectivity index (χ4v) is 2.19. The third-order valence-corrected chi connectivity index (χ3v) is 3.62. The van der Waals surface area contributed by atoms with Gasteiger partial charge in [0.1, 0.15) is 0 Å². The zero-order chi connectivity index (χ0) is 13.1. The number of aryl methyl sites for hydroxylation is 2. The van der Waals surface area contributed by atoms with E-state index in [-0.39, 0.29) is 0 Å². The van der Waals surface area contributed by atoms with Crippen LogP contribution < -0.4 is 0 Å². The van der Waals surface area contributed by atoms with E-state index >= 15 is 0 Å². The third-order valence-electron chi connectivity index (χ3n) is 3.62. The summed E-state index contributed by atoms with van der Waals surface area (Å²) in [7, 11) is 0. The number of aromatic nitrogens is 2. The molecule has 1 unspecified atom stereocenters. The number of rotatable bonds is 4. The van der Waals surface area contributed by atoms with E-state index in [0.29, 0.717) is 5.92 Å². The SMILES string of the molecule is CCc1ccc(C(C)CC)c(-n2ccc(C)n2)c1. The Morgan fingerprint density at radius 2 is 2.00 bits per heavy atom. The quantitative estimate of drug-likeness (QED) is 0.783. The lowest BCUT2D eigenvalue weighted by Gasteiger charge is -2.16. The van der Waals surface area contributed by atoms with Crippen LogP contribution in [0, 0.1) is 6.92 Å². The van der Waals surface area contributed by atoms with Crippen LogP contribution in [0.5, 0.6) is 0 Å². The van der Waals surface area contributed by atoms with E-state index in [0.717, 1.165) is 18.5 Å². The lowest BCUT2D eigenvalue weighted by Crippen LogP contribution is -2.04. The molecule has 0 N–H and O–H groups in total. The molecule has 0 radical (unpaired) electrons. The molecule has 18 heavy (non-hydrogen) atoms. The van der Waals surface area contributed by atoms with Gasteiger partial charge in [0, 0.05) is 6.20 Å². The van der Waals surface area contributed by atoms with Gasteiger partial charge >= 0.3 is 0 Å². The van der Waals surface area contributed by atoms with Crippen LogP contribution in [0.15, 0.2) is 30.5 Å². The summed E-state index contributed by atoms with van der Waals surface area (Å²) in [6, 6.07) is 8.83. The van der Waals surface area contributed by atoms with Crippen LogP contribution in [-0.4, -0.2) is 9.78 Å². The van der Waals surface area contributed by atoms with Gasteiger partial charge in [-0.1, -0.05) is 32.9 Å². The zero-order valence-electron chi connectivity index (χ0n) is 11.8. The molecule has 96 valence electrons. The Morgan fingerprint density at radius 3 is 2.56 bits per heavy atom. The average molecular weight is 242 g/mol. The van der Waals surface area contributed by atoms with Crippen LogP contribution in [0.1, 0.15) is 49.9 Å². The summed E-state index contributed by atoms with van der Waals surface area (Å²) >= 11 is 0. The number of nitrogens with zero attached hydrogens (tertiary/aromatic N) is 2. The lowest BCUT2D eigenvalue weighted by atomic mass is 9.95. The van der Waals surface area contributed by atoms with Gasteiger partial charge in [-0.05, 0) is 48.9 Å². The first kappa shape index (κ1) is 12.9. The van der Waals surface area contributed by atoms with Crippen molar-refractivity contribution in [2.24, 2.45) is 0 Å². The Labute approximate surface area is 110 Å². The van der Waals surface area contributed by atoms with Crippen molar-refractivity contribution in [2.75, 3.05) is 0 Å². The molecule has 0 spiro atoms. The summed E-state index contributed by atoms with van der Waals surface area (Å²) in [5.74, 6) is 0.565. The maximum atomic E-state index is 4.55. The van der Waals surface area contributed by atoms with Crippen molar-refractivity contribution in [2.45, 2.75) is 46.5 Å². The van der Waals surface area contributed by atoms with Gasteiger partial charge in [-0.3, -0.25) is 0 Å². The Kier molecular flexibility index (Phi) is 3.85. The van der Waals surface area contributed by atoms with E-state index < -0.39 is 0 Å². The van der Waals surface area contributed by atoms with Crippen LogP contribution in [-0.2, 0) is 6.42 Å².